The summed E-state index contributed by atoms with van der Waals surface area (Å²) >= 11 is 0. The minimum absolute atomic E-state index is 0.0464. The Morgan fingerprint density at radius 1 is 1.12 bits per heavy atom. The second kappa shape index (κ2) is 9.68. The minimum atomic E-state index is -3.11. The zero-order valence-corrected chi connectivity index (χ0v) is 19.2. The number of hydrogen-bond acceptors (Lipinski definition) is 8. The fraction of sp³-hybridized carbons (Fsp3) is 0.292. The van der Waals surface area contributed by atoms with Gasteiger partial charge in [-0.15, -0.1) is 0 Å². The number of sulfone groups is 1. The lowest BCUT2D eigenvalue weighted by atomic mass is 10.1. The molecule has 1 amide bonds. The molecule has 1 atom stereocenters. The largest absolute Gasteiger partial charge is 0.489 e. The molecule has 1 aliphatic heterocycles. The van der Waals surface area contributed by atoms with Gasteiger partial charge in [0.1, 0.15) is 17.9 Å². The monoisotopic (exact) mass is 485 g/mol. The molecule has 4 rings (SSSR count). The van der Waals surface area contributed by atoms with Crippen molar-refractivity contribution in [3.8, 4) is 5.75 Å². The van der Waals surface area contributed by atoms with Crippen LogP contribution in [0.25, 0.3) is 11.0 Å². The van der Waals surface area contributed by atoms with Gasteiger partial charge in [0.05, 0.1) is 17.1 Å². The zero-order chi connectivity index (χ0) is 24.3. The Balaban J connectivity index is 1.28. The fourth-order valence-corrected chi connectivity index (χ4v) is 5.36. The Kier molecular flexibility index (Phi) is 6.69. The van der Waals surface area contributed by atoms with Crippen molar-refractivity contribution in [3.05, 3.63) is 75.6 Å². The Bertz CT molecular complexity index is 1390. The molecule has 1 fully saturated rings. The van der Waals surface area contributed by atoms with Crippen LogP contribution in [0.5, 0.6) is 5.75 Å². The Morgan fingerprint density at radius 2 is 1.88 bits per heavy atom. The summed E-state index contributed by atoms with van der Waals surface area (Å²) in [6.45, 7) is 1.57. The number of hydrogen-bond donors (Lipinski definition) is 1. The molecule has 0 bridgehead atoms. The van der Waals surface area contributed by atoms with Gasteiger partial charge in [-0.05, 0) is 48.7 Å². The van der Waals surface area contributed by atoms with Crippen molar-refractivity contribution in [3.63, 3.8) is 0 Å². The van der Waals surface area contributed by atoms with Gasteiger partial charge in [0.2, 0.25) is 0 Å². The lowest BCUT2D eigenvalue weighted by Gasteiger charge is -2.11. The Hall–Kier alpha value is -3.66. The number of ether oxygens (including phenoxy) is 2. The summed E-state index contributed by atoms with van der Waals surface area (Å²) in [5, 5.41) is 3.39. The molecular weight excluding hydrogens is 462 g/mol. The van der Waals surface area contributed by atoms with E-state index < -0.39 is 40.0 Å². The molecule has 9 nitrogen and oxygen atoms in total. The van der Waals surface area contributed by atoms with Crippen LogP contribution >= 0.6 is 0 Å². The van der Waals surface area contributed by atoms with E-state index >= 15 is 0 Å². The summed E-state index contributed by atoms with van der Waals surface area (Å²) in [5.41, 5.74) is 1.91. The van der Waals surface area contributed by atoms with Crippen LogP contribution in [0, 0.1) is 6.92 Å². The normalized spacial score (nSPS) is 16.8. The highest BCUT2D eigenvalue weighted by atomic mass is 32.2. The maximum Gasteiger partial charge on any atom is 0.338 e. The van der Waals surface area contributed by atoms with Crippen molar-refractivity contribution in [2.24, 2.45) is 0 Å². The molecule has 3 aromatic rings. The van der Waals surface area contributed by atoms with Gasteiger partial charge in [-0.25, -0.2) is 18.0 Å². The zero-order valence-electron chi connectivity index (χ0n) is 18.4. The molecule has 1 N–H and O–H groups in total. The minimum Gasteiger partial charge on any atom is -0.489 e. The molecule has 1 aromatic heterocycles. The van der Waals surface area contributed by atoms with E-state index in [2.05, 4.69) is 5.32 Å². The molecule has 1 saturated heterocycles. The number of rotatable bonds is 7. The molecule has 2 aromatic carbocycles. The summed E-state index contributed by atoms with van der Waals surface area (Å²) in [5.74, 6) is -0.719. The summed E-state index contributed by atoms with van der Waals surface area (Å²) in [4.78, 5) is 35.7. The highest BCUT2D eigenvalue weighted by Gasteiger charge is 2.29. The lowest BCUT2D eigenvalue weighted by molar-refractivity contribution is -0.124. The summed E-state index contributed by atoms with van der Waals surface area (Å²) in [6, 6.07) is 12.8. The van der Waals surface area contributed by atoms with E-state index in [9.17, 15) is 22.8 Å². The van der Waals surface area contributed by atoms with E-state index in [-0.39, 0.29) is 23.7 Å². The van der Waals surface area contributed by atoms with Crippen molar-refractivity contribution in [2.45, 2.75) is 26.0 Å². The van der Waals surface area contributed by atoms with Gasteiger partial charge >= 0.3 is 11.6 Å². The number of amides is 1. The van der Waals surface area contributed by atoms with Crippen molar-refractivity contribution in [2.75, 3.05) is 18.1 Å². The third kappa shape index (κ3) is 5.82. The van der Waals surface area contributed by atoms with Gasteiger partial charge in [0.15, 0.2) is 16.4 Å². The van der Waals surface area contributed by atoms with Gasteiger partial charge < -0.3 is 19.2 Å². The highest BCUT2D eigenvalue weighted by molar-refractivity contribution is 7.91. The molecular formula is C24H23NO8S. The number of carbonyl (C=O) groups excluding carboxylic acids is 2. The molecule has 0 spiro atoms. The van der Waals surface area contributed by atoms with Crippen molar-refractivity contribution in [1.29, 1.82) is 0 Å². The topological polar surface area (TPSA) is 129 Å². The van der Waals surface area contributed by atoms with Gasteiger partial charge in [0, 0.05) is 23.6 Å². The fourth-order valence-electron chi connectivity index (χ4n) is 3.69. The summed E-state index contributed by atoms with van der Waals surface area (Å²) < 4.78 is 38.9. The van der Waals surface area contributed by atoms with Gasteiger partial charge in [0.25, 0.3) is 5.91 Å². The number of aryl methyl sites for hydroxylation is 1. The van der Waals surface area contributed by atoms with Crippen molar-refractivity contribution in [1.82, 2.24) is 5.32 Å². The Morgan fingerprint density at radius 3 is 2.59 bits per heavy atom. The first-order valence-electron chi connectivity index (χ1n) is 10.6. The first kappa shape index (κ1) is 23.5. The first-order chi connectivity index (χ1) is 16.2. The lowest BCUT2D eigenvalue weighted by Crippen LogP contribution is -2.38. The third-order valence-electron chi connectivity index (χ3n) is 5.45. The Labute approximate surface area is 195 Å². The van der Waals surface area contributed by atoms with Crippen LogP contribution in [0.1, 0.15) is 27.9 Å². The van der Waals surface area contributed by atoms with E-state index in [0.29, 0.717) is 17.8 Å². The molecule has 1 aliphatic rings. The van der Waals surface area contributed by atoms with E-state index in [1.54, 1.807) is 36.4 Å². The smallest absolute Gasteiger partial charge is 0.338 e. The second-order valence-corrected chi connectivity index (χ2v) is 10.4. The van der Waals surface area contributed by atoms with Crippen LogP contribution in [0.15, 0.2) is 57.7 Å². The van der Waals surface area contributed by atoms with Crippen LogP contribution in [0.2, 0.25) is 0 Å². The van der Waals surface area contributed by atoms with Crippen LogP contribution in [0.3, 0.4) is 0 Å². The van der Waals surface area contributed by atoms with Crippen molar-refractivity contribution < 1.29 is 31.9 Å². The average molecular weight is 486 g/mol. The maximum absolute atomic E-state index is 12.2. The summed E-state index contributed by atoms with van der Waals surface area (Å²) in [7, 11) is -3.11. The van der Waals surface area contributed by atoms with Crippen LogP contribution in [0.4, 0.5) is 0 Å². The van der Waals surface area contributed by atoms with Gasteiger partial charge in [-0.3, -0.25) is 4.79 Å². The first-order valence-corrected chi connectivity index (χ1v) is 12.4. The van der Waals surface area contributed by atoms with Crippen LogP contribution in [-0.2, 0) is 26.0 Å². The molecule has 34 heavy (non-hydrogen) atoms. The SMILES string of the molecule is Cc1cc(=O)oc2cc(OCc3ccc(C(=O)OCC(=O)N[C@@H]4CCS(=O)(=O)C4)cc3)ccc12. The number of benzene rings is 2. The predicted octanol–water partition coefficient (Wildman–Crippen LogP) is 2.14. The predicted molar refractivity (Wildman–Crippen MR) is 123 cm³/mol. The third-order valence-corrected chi connectivity index (χ3v) is 7.22. The number of fused-ring (bicyclic) bond motifs is 1. The number of carbonyl (C=O) groups is 2. The van der Waals surface area contributed by atoms with Gasteiger partial charge in [-0.1, -0.05) is 12.1 Å². The highest BCUT2D eigenvalue weighted by Crippen LogP contribution is 2.23. The van der Waals surface area contributed by atoms with Gasteiger partial charge in [-0.2, -0.15) is 0 Å². The molecule has 10 heteroatoms. The summed E-state index contributed by atoms with van der Waals surface area (Å²) in [6.07, 6.45) is 0.360. The van der Waals surface area contributed by atoms with E-state index in [4.69, 9.17) is 13.9 Å². The van der Waals surface area contributed by atoms with Crippen LogP contribution in [-0.4, -0.2) is 44.4 Å². The maximum atomic E-state index is 12.2. The molecule has 178 valence electrons. The van der Waals surface area contributed by atoms with Crippen LogP contribution < -0.4 is 15.7 Å². The van der Waals surface area contributed by atoms with E-state index in [1.165, 1.54) is 6.07 Å². The van der Waals surface area contributed by atoms with E-state index in [1.807, 2.05) is 13.0 Å². The molecule has 0 aliphatic carbocycles. The average Bonchev–Trinajstić information content (AvgIpc) is 3.14. The molecule has 2 heterocycles. The molecule has 0 unspecified atom stereocenters. The number of nitrogens with one attached hydrogen (secondary N) is 1. The van der Waals surface area contributed by atoms with Crippen molar-refractivity contribution >= 4 is 32.7 Å². The molecule has 0 saturated carbocycles. The quantitative estimate of drug-likeness (QED) is 0.398. The molecule has 0 radical (unpaired) electrons. The standard InChI is InChI=1S/C24H23NO8S/c1-15-10-23(27)33-21-11-19(6-7-20(15)21)31-12-16-2-4-17(5-3-16)24(28)32-13-22(26)25-18-8-9-34(29,30)14-18/h2-7,10-11,18H,8-9,12-14H2,1H3,(H,25,26)/t18-/m1/s1. The second-order valence-electron chi connectivity index (χ2n) is 8.14. The number of esters is 1. The van der Waals surface area contributed by atoms with E-state index in [0.717, 1.165) is 16.5 Å².